The van der Waals surface area contributed by atoms with Crippen LogP contribution in [-0.2, 0) is 19.1 Å². The summed E-state index contributed by atoms with van der Waals surface area (Å²) in [5, 5.41) is 5.36. The van der Waals surface area contributed by atoms with Gasteiger partial charge in [-0.3, -0.25) is 9.59 Å². The van der Waals surface area contributed by atoms with Crippen molar-refractivity contribution in [1.29, 1.82) is 0 Å². The summed E-state index contributed by atoms with van der Waals surface area (Å²) in [5.41, 5.74) is 0.616. The van der Waals surface area contributed by atoms with Crippen molar-refractivity contribution in [2.45, 2.75) is 24.6 Å². The minimum absolute atomic E-state index is 0.0364. The molecule has 1 aliphatic heterocycles. The molecule has 0 aromatic heterocycles. The molecule has 2 N–H and O–H groups in total. The van der Waals surface area contributed by atoms with E-state index in [1.54, 1.807) is 31.2 Å². The molecule has 8 heteroatoms. The van der Waals surface area contributed by atoms with E-state index in [0.29, 0.717) is 16.5 Å². The van der Waals surface area contributed by atoms with Gasteiger partial charge in [-0.2, -0.15) is 0 Å². The summed E-state index contributed by atoms with van der Waals surface area (Å²) in [5.74, 6) is -0.652. The van der Waals surface area contributed by atoms with E-state index in [1.165, 1.54) is 11.8 Å². The predicted molar refractivity (Wildman–Crippen MR) is 89.5 cm³/mol. The molecule has 0 bridgehead atoms. The molecule has 1 aromatic rings. The molecule has 1 saturated heterocycles. The van der Waals surface area contributed by atoms with Gasteiger partial charge in [-0.1, -0.05) is 11.6 Å². The van der Waals surface area contributed by atoms with Crippen LogP contribution >= 0.6 is 23.4 Å². The Kier molecular flexibility index (Phi) is 6.29. The first-order chi connectivity index (χ1) is 11.0. The number of rotatable bonds is 5. The van der Waals surface area contributed by atoms with Crippen molar-refractivity contribution < 1.29 is 19.1 Å². The fourth-order valence-corrected chi connectivity index (χ4v) is 3.29. The van der Waals surface area contributed by atoms with E-state index in [9.17, 15) is 14.4 Å². The standard InChI is InChI=1S/C15H17ClN2O4S/c1-2-22-15(21)11-8-23-12(14(20)18-11)7-13(19)17-10-5-3-9(16)4-6-10/h3-6,11-12H,2,7-8H2,1H3,(H,17,19)(H,18,20)/t11-,12-/m0/s1. The van der Waals surface area contributed by atoms with Crippen LogP contribution in [0, 0.1) is 0 Å². The van der Waals surface area contributed by atoms with Crippen LogP contribution in [0.1, 0.15) is 13.3 Å². The number of anilines is 1. The number of esters is 1. The molecule has 2 atom stereocenters. The van der Waals surface area contributed by atoms with E-state index >= 15 is 0 Å². The maximum atomic E-state index is 12.0. The average molecular weight is 357 g/mol. The summed E-state index contributed by atoms with van der Waals surface area (Å²) in [7, 11) is 0. The number of halogens is 1. The van der Waals surface area contributed by atoms with Gasteiger partial charge >= 0.3 is 5.97 Å². The van der Waals surface area contributed by atoms with Crippen LogP contribution in [0.2, 0.25) is 5.02 Å². The highest BCUT2D eigenvalue weighted by Crippen LogP contribution is 2.22. The third-order valence-corrected chi connectivity index (χ3v) is 4.70. The normalized spacial score (nSPS) is 20.5. The third kappa shape index (κ3) is 5.14. The molecular formula is C15H17ClN2O4S. The highest BCUT2D eigenvalue weighted by Gasteiger charge is 2.34. The number of hydrogen-bond donors (Lipinski definition) is 2. The maximum absolute atomic E-state index is 12.0. The van der Waals surface area contributed by atoms with Gasteiger partial charge in [0.05, 0.1) is 11.9 Å². The number of thioether (sulfide) groups is 1. The lowest BCUT2D eigenvalue weighted by atomic mass is 10.2. The third-order valence-electron chi connectivity index (χ3n) is 3.14. The van der Waals surface area contributed by atoms with Crippen LogP contribution < -0.4 is 10.6 Å². The van der Waals surface area contributed by atoms with Crippen LogP contribution in [0.4, 0.5) is 5.69 Å². The van der Waals surface area contributed by atoms with Gasteiger partial charge in [0.1, 0.15) is 6.04 Å². The van der Waals surface area contributed by atoms with Crippen LogP contribution in [0.3, 0.4) is 0 Å². The van der Waals surface area contributed by atoms with E-state index in [2.05, 4.69) is 10.6 Å². The number of carbonyl (C=O) groups excluding carboxylic acids is 3. The quantitative estimate of drug-likeness (QED) is 0.786. The lowest BCUT2D eigenvalue weighted by Gasteiger charge is -2.27. The zero-order valence-electron chi connectivity index (χ0n) is 12.5. The van der Waals surface area contributed by atoms with E-state index < -0.39 is 17.3 Å². The Hall–Kier alpha value is -1.73. The second-order valence-electron chi connectivity index (χ2n) is 4.89. The van der Waals surface area contributed by atoms with Gasteiger partial charge in [-0.05, 0) is 31.2 Å². The molecule has 23 heavy (non-hydrogen) atoms. The summed E-state index contributed by atoms with van der Waals surface area (Å²) in [6.07, 6.45) is 0.0364. The zero-order valence-corrected chi connectivity index (χ0v) is 14.1. The molecule has 0 unspecified atom stereocenters. The van der Waals surface area contributed by atoms with Gasteiger partial charge in [0.2, 0.25) is 11.8 Å². The largest absolute Gasteiger partial charge is 0.464 e. The smallest absolute Gasteiger partial charge is 0.329 e. The summed E-state index contributed by atoms with van der Waals surface area (Å²) >= 11 is 7.06. The minimum Gasteiger partial charge on any atom is -0.464 e. The maximum Gasteiger partial charge on any atom is 0.329 e. The van der Waals surface area contributed by atoms with Crippen molar-refractivity contribution in [3.63, 3.8) is 0 Å². The molecule has 1 fully saturated rings. The second-order valence-corrected chi connectivity index (χ2v) is 6.57. The van der Waals surface area contributed by atoms with Gasteiger partial charge in [0.15, 0.2) is 0 Å². The predicted octanol–water partition coefficient (Wildman–Crippen LogP) is 1.83. The van der Waals surface area contributed by atoms with Crippen molar-refractivity contribution in [2.75, 3.05) is 17.7 Å². The molecule has 0 radical (unpaired) electrons. The van der Waals surface area contributed by atoms with Gasteiger partial charge in [0.25, 0.3) is 0 Å². The lowest BCUT2D eigenvalue weighted by Crippen LogP contribution is -2.51. The Morgan fingerprint density at radius 1 is 1.39 bits per heavy atom. The first-order valence-electron chi connectivity index (χ1n) is 7.13. The Bertz CT molecular complexity index is 594. The van der Waals surface area contributed by atoms with Crippen molar-refractivity contribution in [3.05, 3.63) is 29.3 Å². The number of carbonyl (C=O) groups is 3. The summed E-state index contributed by atoms with van der Waals surface area (Å²) in [4.78, 5) is 35.6. The number of hydrogen-bond acceptors (Lipinski definition) is 5. The van der Waals surface area contributed by atoms with Crippen LogP contribution in [0.15, 0.2) is 24.3 Å². The fourth-order valence-electron chi connectivity index (χ4n) is 2.03. The van der Waals surface area contributed by atoms with Crippen molar-refractivity contribution >= 4 is 46.8 Å². The van der Waals surface area contributed by atoms with E-state index in [4.69, 9.17) is 16.3 Å². The SMILES string of the molecule is CCOC(=O)[C@@H]1CS[C@@H](CC(=O)Nc2ccc(Cl)cc2)C(=O)N1. The van der Waals surface area contributed by atoms with Gasteiger partial charge in [0, 0.05) is 22.9 Å². The molecule has 6 nitrogen and oxygen atoms in total. The molecule has 1 heterocycles. The van der Waals surface area contributed by atoms with E-state index in [-0.39, 0.29) is 24.8 Å². The number of ether oxygens (including phenoxy) is 1. The Balaban J connectivity index is 1.84. The van der Waals surface area contributed by atoms with E-state index in [1.807, 2.05) is 0 Å². The molecule has 0 aliphatic carbocycles. The molecular weight excluding hydrogens is 340 g/mol. The van der Waals surface area contributed by atoms with Crippen molar-refractivity contribution in [2.24, 2.45) is 0 Å². The van der Waals surface area contributed by atoms with Gasteiger partial charge in [-0.25, -0.2) is 4.79 Å². The zero-order chi connectivity index (χ0) is 16.8. The number of nitrogens with one attached hydrogen (secondary N) is 2. The van der Waals surface area contributed by atoms with Crippen LogP contribution in [0.25, 0.3) is 0 Å². The summed E-state index contributed by atoms with van der Waals surface area (Å²) in [6, 6.07) is 6.06. The number of amides is 2. The number of benzene rings is 1. The summed E-state index contributed by atoms with van der Waals surface area (Å²) < 4.78 is 4.88. The molecule has 2 rings (SSSR count). The van der Waals surface area contributed by atoms with Gasteiger partial charge in [-0.15, -0.1) is 11.8 Å². The molecule has 0 saturated carbocycles. The first-order valence-corrected chi connectivity index (χ1v) is 8.56. The Morgan fingerprint density at radius 2 is 2.09 bits per heavy atom. The molecule has 1 aromatic carbocycles. The van der Waals surface area contributed by atoms with Crippen LogP contribution in [-0.4, -0.2) is 41.4 Å². The van der Waals surface area contributed by atoms with E-state index in [0.717, 1.165) is 0 Å². The molecule has 2 amide bonds. The molecule has 124 valence electrons. The topological polar surface area (TPSA) is 84.5 Å². The Labute approximate surface area is 143 Å². The molecule has 1 aliphatic rings. The van der Waals surface area contributed by atoms with Crippen LogP contribution in [0.5, 0.6) is 0 Å². The monoisotopic (exact) mass is 356 g/mol. The summed E-state index contributed by atoms with van der Waals surface area (Å²) in [6.45, 7) is 1.97. The van der Waals surface area contributed by atoms with Crippen molar-refractivity contribution in [3.8, 4) is 0 Å². The highest BCUT2D eigenvalue weighted by atomic mass is 35.5. The van der Waals surface area contributed by atoms with Gasteiger partial charge < -0.3 is 15.4 Å². The fraction of sp³-hybridized carbons (Fsp3) is 0.400. The average Bonchev–Trinajstić information content (AvgIpc) is 2.52. The second kappa shape index (κ2) is 8.21. The highest BCUT2D eigenvalue weighted by molar-refractivity contribution is 8.00. The first kappa shape index (κ1) is 17.6. The lowest BCUT2D eigenvalue weighted by molar-refractivity contribution is -0.146. The van der Waals surface area contributed by atoms with Crippen molar-refractivity contribution in [1.82, 2.24) is 5.32 Å². The Morgan fingerprint density at radius 3 is 2.70 bits per heavy atom. The minimum atomic E-state index is -0.650. The molecule has 0 spiro atoms.